The number of anilines is 2. The molecular formula is C18H17FN2O2. The number of hydrogen-bond acceptors (Lipinski definition) is 3. The number of rotatable bonds is 3. The smallest absolute Gasteiger partial charge is 0.256 e. The highest BCUT2D eigenvalue weighted by Crippen LogP contribution is 2.27. The van der Waals surface area contributed by atoms with Crippen LogP contribution in [0.4, 0.5) is 15.8 Å². The summed E-state index contributed by atoms with van der Waals surface area (Å²) in [7, 11) is 0. The third-order valence-corrected chi connectivity index (χ3v) is 4.15. The van der Waals surface area contributed by atoms with Crippen LogP contribution in [0.2, 0.25) is 0 Å². The van der Waals surface area contributed by atoms with Gasteiger partial charge in [-0.1, -0.05) is 18.2 Å². The molecule has 0 bridgehead atoms. The molecule has 1 unspecified atom stereocenters. The van der Waals surface area contributed by atoms with Crippen molar-refractivity contribution in [2.45, 2.75) is 26.3 Å². The number of aryl methyl sites for hydroxylation is 1. The molecule has 118 valence electrons. The zero-order chi connectivity index (χ0) is 16.6. The molecule has 2 amide bonds. The molecule has 4 nitrogen and oxygen atoms in total. The maximum absolute atomic E-state index is 13.4. The van der Waals surface area contributed by atoms with Gasteiger partial charge in [-0.15, -0.1) is 0 Å². The summed E-state index contributed by atoms with van der Waals surface area (Å²) in [6, 6.07) is 10.6. The van der Waals surface area contributed by atoms with Crippen LogP contribution in [0.3, 0.4) is 0 Å². The van der Waals surface area contributed by atoms with Gasteiger partial charge in [0.1, 0.15) is 11.9 Å². The molecule has 0 spiro atoms. The topological polar surface area (TPSA) is 49.4 Å². The van der Waals surface area contributed by atoms with Crippen LogP contribution < -0.4 is 10.2 Å². The predicted molar refractivity (Wildman–Crippen MR) is 86.8 cm³/mol. The molecule has 1 N–H and O–H groups in total. The third-order valence-electron chi connectivity index (χ3n) is 4.15. The molecule has 1 fully saturated rings. The normalized spacial score (nSPS) is 17.7. The van der Waals surface area contributed by atoms with E-state index in [0.29, 0.717) is 0 Å². The summed E-state index contributed by atoms with van der Waals surface area (Å²) in [4.78, 5) is 25.8. The first-order valence-corrected chi connectivity index (χ1v) is 7.42. The molecule has 0 saturated carbocycles. The Hall–Kier alpha value is -2.69. The van der Waals surface area contributed by atoms with Gasteiger partial charge in [0.15, 0.2) is 0 Å². The van der Waals surface area contributed by atoms with E-state index in [1.807, 2.05) is 32.0 Å². The van der Waals surface area contributed by atoms with Gasteiger partial charge in [0.25, 0.3) is 5.91 Å². The lowest BCUT2D eigenvalue weighted by molar-refractivity contribution is -0.121. The van der Waals surface area contributed by atoms with Gasteiger partial charge in [0, 0.05) is 5.69 Å². The van der Waals surface area contributed by atoms with Crippen molar-refractivity contribution in [1.82, 2.24) is 0 Å². The van der Waals surface area contributed by atoms with Crippen molar-refractivity contribution in [3.8, 4) is 0 Å². The minimum atomic E-state index is -0.633. The molecule has 1 atom stereocenters. The number of imide groups is 1. The molecular weight excluding hydrogens is 295 g/mol. The highest BCUT2D eigenvalue weighted by molar-refractivity contribution is 6.23. The summed E-state index contributed by atoms with van der Waals surface area (Å²) in [5.41, 5.74) is 3.24. The molecule has 1 heterocycles. The average molecular weight is 312 g/mol. The molecule has 1 aliphatic rings. The molecule has 1 aliphatic heterocycles. The van der Waals surface area contributed by atoms with Gasteiger partial charge in [-0.05, 0) is 49.2 Å². The fourth-order valence-electron chi connectivity index (χ4n) is 2.73. The quantitative estimate of drug-likeness (QED) is 0.886. The summed E-state index contributed by atoms with van der Waals surface area (Å²) in [6.45, 7) is 3.95. The second-order valence-electron chi connectivity index (χ2n) is 5.70. The molecule has 2 aromatic carbocycles. The number of nitrogens with zero attached hydrogens (tertiary/aromatic N) is 1. The first-order chi connectivity index (χ1) is 11.0. The molecule has 0 radical (unpaired) electrons. The van der Waals surface area contributed by atoms with Gasteiger partial charge in [0.2, 0.25) is 5.91 Å². The fourth-order valence-corrected chi connectivity index (χ4v) is 2.73. The van der Waals surface area contributed by atoms with E-state index >= 15 is 0 Å². The summed E-state index contributed by atoms with van der Waals surface area (Å²) < 4.78 is 13.4. The molecule has 2 aromatic rings. The summed E-state index contributed by atoms with van der Waals surface area (Å²) in [5.74, 6) is -1.17. The molecule has 3 rings (SSSR count). The Morgan fingerprint density at radius 2 is 1.87 bits per heavy atom. The summed E-state index contributed by atoms with van der Waals surface area (Å²) in [5, 5.41) is 3.14. The number of nitrogens with one attached hydrogen (secondary N) is 1. The van der Waals surface area contributed by atoms with Crippen LogP contribution in [-0.2, 0) is 9.59 Å². The van der Waals surface area contributed by atoms with Crippen LogP contribution in [0, 0.1) is 19.7 Å². The Morgan fingerprint density at radius 1 is 1.13 bits per heavy atom. The van der Waals surface area contributed by atoms with Crippen molar-refractivity contribution in [2.24, 2.45) is 0 Å². The number of benzene rings is 2. The van der Waals surface area contributed by atoms with E-state index in [1.54, 1.807) is 6.07 Å². The molecule has 0 aromatic heterocycles. The zero-order valence-electron chi connectivity index (χ0n) is 13.0. The average Bonchev–Trinajstić information content (AvgIpc) is 2.78. The van der Waals surface area contributed by atoms with Crippen LogP contribution in [-0.4, -0.2) is 17.9 Å². The monoisotopic (exact) mass is 312 g/mol. The van der Waals surface area contributed by atoms with Crippen LogP contribution in [0.1, 0.15) is 17.5 Å². The van der Waals surface area contributed by atoms with Gasteiger partial charge >= 0.3 is 0 Å². The third kappa shape index (κ3) is 2.82. The van der Waals surface area contributed by atoms with Crippen LogP contribution in [0.15, 0.2) is 42.5 Å². The van der Waals surface area contributed by atoms with E-state index in [-0.39, 0.29) is 23.9 Å². The minimum absolute atomic E-state index is 0.0583. The number of hydrogen-bond donors (Lipinski definition) is 1. The van der Waals surface area contributed by atoms with E-state index in [9.17, 15) is 14.0 Å². The first kappa shape index (κ1) is 15.2. The lowest BCUT2D eigenvalue weighted by Crippen LogP contribution is -2.35. The van der Waals surface area contributed by atoms with Gasteiger partial charge in [-0.25, -0.2) is 9.29 Å². The van der Waals surface area contributed by atoms with Crippen molar-refractivity contribution in [2.75, 3.05) is 10.2 Å². The lowest BCUT2D eigenvalue weighted by Gasteiger charge is -2.17. The standard InChI is InChI=1S/C18H17FN2O2/c1-11-5-3-8-15(12(11)2)20-16-10-17(22)21(18(16)23)14-7-4-6-13(19)9-14/h3-9,16,20H,10H2,1-2H3. The van der Waals surface area contributed by atoms with E-state index < -0.39 is 11.9 Å². The maximum Gasteiger partial charge on any atom is 0.256 e. The molecule has 5 heteroatoms. The minimum Gasteiger partial charge on any atom is -0.373 e. The second kappa shape index (κ2) is 5.83. The maximum atomic E-state index is 13.4. The molecule has 23 heavy (non-hydrogen) atoms. The van der Waals surface area contributed by atoms with Crippen LogP contribution >= 0.6 is 0 Å². The number of halogens is 1. The molecule has 1 saturated heterocycles. The SMILES string of the molecule is Cc1cccc(NC2CC(=O)N(c3cccc(F)c3)C2=O)c1C. The fraction of sp³-hybridized carbons (Fsp3) is 0.222. The highest BCUT2D eigenvalue weighted by atomic mass is 19.1. The van der Waals surface area contributed by atoms with Crippen molar-refractivity contribution in [1.29, 1.82) is 0 Å². The first-order valence-electron chi connectivity index (χ1n) is 7.42. The van der Waals surface area contributed by atoms with Crippen molar-refractivity contribution in [3.63, 3.8) is 0 Å². The Labute approximate surface area is 133 Å². The molecule has 0 aliphatic carbocycles. The van der Waals surface area contributed by atoms with E-state index in [4.69, 9.17) is 0 Å². The van der Waals surface area contributed by atoms with Gasteiger partial charge in [-0.2, -0.15) is 0 Å². The van der Waals surface area contributed by atoms with Crippen LogP contribution in [0.5, 0.6) is 0 Å². The highest BCUT2D eigenvalue weighted by Gasteiger charge is 2.39. The number of amides is 2. The van der Waals surface area contributed by atoms with Gasteiger partial charge < -0.3 is 5.32 Å². The largest absolute Gasteiger partial charge is 0.373 e. The van der Waals surface area contributed by atoms with Crippen molar-refractivity contribution >= 4 is 23.2 Å². The number of carbonyl (C=O) groups excluding carboxylic acids is 2. The summed E-state index contributed by atoms with van der Waals surface area (Å²) in [6.07, 6.45) is 0.0583. The van der Waals surface area contributed by atoms with E-state index in [2.05, 4.69) is 5.32 Å². The Kier molecular flexibility index (Phi) is 3.86. The lowest BCUT2D eigenvalue weighted by atomic mass is 10.1. The Bertz CT molecular complexity index is 788. The van der Waals surface area contributed by atoms with Gasteiger partial charge in [0.05, 0.1) is 12.1 Å². The Morgan fingerprint density at radius 3 is 2.61 bits per heavy atom. The number of carbonyl (C=O) groups is 2. The van der Waals surface area contributed by atoms with Crippen molar-refractivity contribution in [3.05, 3.63) is 59.4 Å². The second-order valence-corrected chi connectivity index (χ2v) is 5.70. The van der Waals surface area contributed by atoms with E-state index in [0.717, 1.165) is 21.7 Å². The van der Waals surface area contributed by atoms with E-state index in [1.165, 1.54) is 18.2 Å². The Balaban J connectivity index is 1.85. The van der Waals surface area contributed by atoms with Crippen LogP contribution in [0.25, 0.3) is 0 Å². The predicted octanol–water partition coefficient (Wildman–Crippen LogP) is 3.19. The summed E-state index contributed by atoms with van der Waals surface area (Å²) >= 11 is 0. The zero-order valence-corrected chi connectivity index (χ0v) is 13.0. The van der Waals surface area contributed by atoms with Crippen molar-refractivity contribution < 1.29 is 14.0 Å². The van der Waals surface area contributed by atoms with Gasteiger partial charge in [-0.3, -0.25) is 9.59 Å².